The van der Waals surface area contributed by atoms with Crippen LogP contribution in [0.4, 0.5) is 10.1 Å². The van der Waals surface area contributed by atoms with E-state index in [-0.39, 0.29) is 12.1 Å². The van der Waals surface area contributed by atoms with Crippen LogP contribution in [0.1, 0.15) is 15.9 Å². The molecular formula is C14H11BrClFN2O. The molecule has 0 aromatic heterocycles. The van der Waals surface area contributed by atoms with Crippen molar-refractivity contribution in [3.8, 4) is 0 Å². The fourth-order valence-electron chi connectivity index (χ4n) is 1.67. The molecule has 6 heteroatoms. The minimum Gasteiger partial charge on any atom is -0.380 e. The summed E-state index contributed by atoms with van der Waals surface area (Å²) in [6.45, 7) is 0.251. The van der Waals surface area contributed by atoms with E-state index in [2.05, 4.69) is 21.2 Å². The summed E-state index contributed by atoms with van der Waals surface area (Å²) in [5.41, 5.74) is 6.35. The lowest BCUT2D eigenvalue weighted by Crippen LogP contribution is -2.12. The lowest BCUT2D eigenvalue weighted by Gasteiger charge is -2.10. The topological polar surface area (TPSA) is 55.1 Å². The largest absolute Gasteiger partial charge is 0.380 e. The van der Waals surface area contributed by atoms with Gasteiger partial charge in [0.1, 0.15) is 5.82 Å². The highest BCUT2D eigenvalue weighted by molar-refractivity contribution is 9.10. The fraction of sp³-hybridized carbons (Fsp3) is 0.0714. The number of hydrogen-bond acceptors (Lipinski definition) is 2. The Morgan fingerprint density at radius 2 is 2.05 bits per heavy atom. The van der Waals surface area contributed by atoms with Gasteiger partial charge in [0.15, 0.2) is 0 Å². The van der Waals surface area contributed by atoms with Gasteiger partial charge in [0.25, 0.3) is 0 Å². The second-order valence-electron chi connectivity index (χ2n) is 4.15. The zero-order valence-corrected chi connectivity index (χ0v) is 12.6. The summed E-state index contributed by atoms with van der Waals surface area (Å²) >= 11 is 9.37. The van der Waals surface area contributed by atoms with Gasteiger partial charge in [0.2, 0.25) is 5.91 Å². The van der Waals surface area contributed by atoms with Gasteiger partial charge < -0.3 is 11.1 Å². The molecule has 0 saturated carbocycles. The molecule has 0 heterocycles. The zero-order valence-electron chi connectivity index (χ0n) is 10.3. The molecule has 0 aliphatic rings. The molecule has 2 aromatic rings. The number of benzene rings is 2. The number of carbonyl (C=O) groups is 1. The molecular weight excluding hydrogens is 347 g/mol. The summed E-state index contributed by atoms with van der Waals surface area (Å²) < 4.78 is 14.7. The molecule has 1 amide bonds. The van der Waals surface area contributed by atoms with Gasteiger partial charge in [-0.15, -0.1) is 0 Å². The maximum absolute atomic E-state index is 13.8. The molecule has 0 aliphatic carbocycles. The van der Waals surface area contributed by atoms with E-state index in [1.165, 1.54) is 12.1 Å². The summed E-state index contributed by atoms with van der Waals surface area (Å²) in [4.78, 5) is 10.9. The van der Waals surface area contributed by atoms with Crippen molar-refractivity contribution < 1.29 is 9.18 Å². The van der Waals surface area contributed by atoms with E-state index in [1.54, 1.807) is 12.1 Å². The second kappa shape index (κ2) is 6.24. The second-order valence-corrected chi connectivity index (χ2v) is 5.47. The Morgan fingerprint density at radius 1 is 1.30 bits per heavy atom. The highest BCUT2D eigenvalue weighted by atomic mass is 79.9. The van der Waals surface area contributed by atoms with Crippen LogP contribution in [0.3, 0.4) is 0 Å². The Hall–Kier alpha value is -1.59. The maximum atomic E-state index is 13.8. The highest BCUT2D eigenvalue weighted by Gasteiger charge is 2.08. The normalized spacial score (nSPS) is 10.3. The van der Waals surface area contributed by atoms with Crippen molar-refractivity contribution in [3.05, 3.63) is 62.8 Å². The number of carbonyl (C=O) groups excluding carboxylic acids is 1. The number of hydrogen-bond donors (Lipinski definition) is 2. The molecule has 20 heavy (non-hydrogen) atoms. The van der Waals surface area contributed by atoms with Gasteiger partial charge in [-0.3, -0.25) is 4.79 Å². The average Bonchev–Trinajstić information content (AvgIpc) is 2.40. The molecule has 0 spiro atoms. The molecule has 0 saturated heterocycles. The van der Waals surface area contributed by atoms with Gasteiger partial charge in [-0.25, -0.2) is 4.39 Å². The van der Waals surface area contributed by atoms with E-state index in [9.17, 15) is 9.18 Å². The van der Waals surface area contributed by atoms with Crippen molar-refractivity contribution in [2.24, 2.45) is 5.73 Å². The first-order valence-electron chi connectivity index (χ1n) is 5.74. The minimum atomic E-state index is -0.654. The summed E-state index contributed by atoms with van der Waals surface area (Å²) in [5.74, 6) is -1.14. The molecule has 2 aromatic carbocycles. The monoisotopic (exact) mass is 356 g/mol. The first kappa shape index (κ1) is 14.8. The zero-order chi connectivity index (χ0) is 14.7. The van der Waals surface area contributed by atoms with Crippen LogP contribution in [0, 0.1) is 5.82 Å². The number of nitrogens with two attached hydrogens (primary N) is 1. The molecule has 0 bridgehead atoms. The van der Waals surface area contributed by atoms with Crippen molar-refractivity contribution in [1.29, 1.82) is 0 Å². The van der Waals surface area contributed by atoms with E-state index in [1.807, 2.05) is 6.07 Å². The minimum absolute atomic E-state index is 0.145. The van der Waals surface area contributed by atoms with Crippen LogP contribution in [-0.4, -0.2) is 5.91 Å². The SMILES string of the molecule is NC(=O)c1ccc(CNc2cc(Br)ccc2Cl)c(F)c1. The number of rotatable bonds is 4. The smallest absolute Gasteiger partial charge is 0.248 e. The van der Waals surface area contributed by atoms with Crippen molar-refractivity contribution in [2.45, 2.75) is 6.54 Å². The molecule has 0 aliphatic heterocycles. The lowest BCUT2D eigenvalue weighted by molar-refractivity contribution is 0.1000. The highest BCUT2D eigenvalue weighted by Crippen LogP contribution is 2.26. The van der Waals surface area contributed by atoms with Gasteiger partial charge in [-0.2, -0.15) is 0 Å². The van der Waals surface area contributed by atoms with Crippen LogP contribution in [0.5, 0.6) is 0 Å². The quantitative estimate of drug-likeness (QED) is 0.870. The van der Waals surface area contributed by atoms with Crippen LogP contribution in [0.15, 0.2) is 40.9 Å². The van der Waals surface area contributed by atoms with Gasteiger partial charge in [0.05, 0.1) is 10.7 Å². The predicted molar refractivity (Wildman–Crippen MR) is 81.4 cm³/mol. The number of anilines is 1. The number of halogens is 3. The molecule has 2 rings (SSSR count). The summed E-state index contributed by atoms with van der Waals surface area (Å²) in [7, 11) is 0. The molecule has 0 fully saturated rings. The molecule has 0 atom stereocenters. The predicted octanol–water partition coefficient (Wildman–Crippen LogP) is 3.95. The van der Waals surface area contributed by atoms with Crippen LogP contribution in [0.2, 0.25) is 5.02 Å². The van der Waals surface area contributed by atoms with Crippen LogP contribution >= 0.6 is 27.5 Å². The van der Waals surface area contributed by atoms with Crippen LogP contribution < -0.4 is 11.1 Å². The number of primary amides is 1. The Morgan fingerprint density at radius 3 is 2.70 bits per heavy atom. The lowest BCUT2D eigenvalue weighted by atomic mass is 10.1. The fourth-order valence-corrected chi connectivity index (χ4v) is 2.21. The average molecular weight is 358 g/mol. The van der Waals surface area contributed by atoms with Crippen molar-refractivity contribution >= 4 is 39.1 Å². The third-order valence-electron chi connectivity index (χ3n) is 2.74. The van der Waals surface area contributed by atoms with Crippen molar-refractivity contribution in [2.75, 3.05) is 5.32 Å². The van der Waals surface area contributed by atoms with Crippen molar-refractivity contribution in [1.82, 2.24) is 0 Å². The summed E-state index contributed by atoms with van der Waals surface area (Å²) in [6, 6.07) is 9.50. The van der Waals surface area contributed by atoms with E-state index >= 15 is 0 Å². The number of nitrogens with one attached hydrogen (secondary N) is 1. The molecule has 3 N–H and O–H groups in total. The third kappa shape index (κ3) is 3.49. The Balaban J connectivity index is 2.15. The summed E-state index contributed by atoms with van der Waals surface area (Å²) in [6.07, 6.45) is 0. The van der Waals surface area contributed by atoms with Gasteiger partial charge in [-0.05, 0) is 30.3 Å². The van der Waals surface area contributed by atoms with Gasteiger partial charge in [-0.1, -0.05) is 33.6 Å². The van der Waals surface area contributed by atoms with E-state index in [0.29, 0.717) is 16.3 Å². The van der Waals surface area contributed by atoms with Crippen LogP contribution in [-0.2, 0) is 6.54 Å². The van der Waals surface area contributed by atoms with Crippen molar-refractivity contribution in [3.63, 3.8) is 0 Å². The molecule has 3 nitrogen and oxygen atoms in total. The number of amides is 1. The maximum Gasteiger partial charge on any atom is 0.248 e. The van der Waals surface area contributed by atoms with E-state index < -0.39 is 11.7 Å². The standard InChI is InChI=1S/C14H11BrClFN2O/c15-10-3-4-11(16)13(6-10)19-7-9-2-1-8(14(18)20)5-12(9)17/h1-6,19H,7H2,(H2,18,20). The summed E-state index contributed by atoms with van der Waals surface area (Å²) in [5, 5.41) is 3.59. The first-order chi connectivity index (χ1) is 9.47. The van der Waals surface area contributed by atoms with E-state index in [4.69, 9.17) is 17.3 Å². The van der Waals surface area contributed by atoms with Crippen LogP contribution in [0.25, 0.3) is 0 Å². The molecule has 0 unspecified atom stereocenters. The Bertz CT molecular complexity index is 664. The Kier molecular flexibility index (Phi) is 4.62. The van der Waals surface area contributed by atoms with E-state index in [0.717, 1.165) is 10.5 Å². The Labute approximate surface area is 129 Å². The van der Waals surface area contributed by atoms with Gasteiger partial charge >= 0.3 is 0 Å². The van der Waals surface area contributed by atoms with Gasteiger partial charge in [0, 0.05) is 22.1 Å². The molecule has 0 radical (unpaired) electrons. The molecule has 104 valence electrons. The third-order valence-corrected chi connectivity index (χ3v) is 3.56. The first-order valence-corrected chi connectivity index (χ1v) is 6.91.